The molecule has 3 fully saturated rings. The number of benzene rings is 2. The average Bonchev–Trinajstić information content (AvgIpc) is 3.74. The van der Waals surface area contributed by atoms with Gasteiger partial charge in [-0.25, -0.2) is 0 Å². The Morgan fingerprint density at radius 2 is 1.84 bits per heavy atom. The molecule has 2 amide bonds. The van der Waals surface area contributed by atoms with E-state index in [4.69, 9.17) is 4.74 Å². The molecule has 5 heteroatoms. The first-order chi connectivity index (χ1) is 15.1. The third kappa shape index (κ3) is 4.46. The van der Waals surface area contributed by atoms with E-state index >= 15 is 0 Å². The van der Waals surface area contributed by atoms with Gasteiger partial charge in [-0.3, -0.25) is 9.59 Å². The topological polar surface area (TPSA) is 58.6 Å². The first-order valence-electron chi connectivity index (χ1n) is 11.5. The summed E-state index contributed by atoms with van der Waals surface area (Å²) in [6.45, 7) is 2.14. The second-order valence-corrected chi connectivity index (χ2v) is 9.29. The van der Waals surface area contributed by atoms with Crippen molar-refractivity contribution in [2.45, 2.75) is 50.0 Å². The highest BCUT2D eigenvalue weighted by Crippen LogP contribution is 2.50. The molecule has 0 bridgehead atoms. The summed E-state index contributed by atoms with van der Waals surface area (Å²) in [5.41, 5.74) is 1.50. The molecule has 5 nitrogen and oxygen atoms in total. The molecule has 0 aromatic heterocycles. The highest BCUT2D eigenvalue weighted by atomic mass is 16.5. The van der Waals surface area contributed by atoms with Crippen LogP contribution in [-0.4, -0.2) is 42.5 Å². The Kier molecular flexibility index (Phi) is 5.43. The standard InChI is InChI=1S/C26H30N2O3/c29-24(27-22-11-12-22)20-7-4-10-23(16-20)31-18-19-6-5-15-28(17-19)25(30)26(13-14-26)21-8-2-1-3-9-21/h1-4,7-10,16,19,22H,5-6,11-15,17-18H2,(H,27,29)/t19-/m1/s1. The monoisotopic (exact) mass is 418 g/mol. The van der Waals surface area contributed by atoms with Gasteiger partial charge in [0.25, 0.3) is 5.91 Å². The number of hydrogen-bond donors (Lipinski definition) is 1. The predicted molar refractivity (Wildman–Crippen MR) is 119 cm³/mol. The van der Waals surface area contributed by atoms with Crippen molar-refractivity contribution in [2.75, 3.05) is 19.7 Å². The van der Waals surface area contributed by atoms with E-state index in [1.807, 2.05) is 42.5 Å². The largest absolute Gasteiger partial charge is 0.493 e. The maximum Gasteiger partial charge on any atom is 0.251 e. The summed E-state index contributed by atoms with van der Waals surface area (Å²) in [6.07, 6.45) is 6.11. The van der Waals surface area contributed by atoms with Gasteiger partial charge in [0.1, 0.15) is 5.75 Å². The smallest absolute Gasteiger partial charge is 0.251 e. The minimum Gasteiger partial charge on any atom is -0.493 e. The van der Waals surface area contributed by atoms with Crippen molar-refractivity contribution in [3.63, 3.8) is 0 Å². The van der Waals surface area contributed by atoms with Gasteiger partial charge in [0.05, 0.1) is 12.0 Å². The van der Waals surface area contributed by atoms with Crippen LogP contribution in [0.3, 0.4) is 0 Å². The van der Waals surface area contributed by atoms with Crippen LogP contribution in [0.4, 0.5) is 0 Å². The van der Waals surface area contributed by atoms with E-state index < -0.39 is 0 Å². The second-order valence-electron chi connectivity index (χ2n) is 9.29. The first-order valence-corrected chi connectivity index (χ1v) is 11.5. The van der Waals surface area contributed by atoms with E-state index in [1.165, 1.54) is 0 Å². The molecule has 1 heterocycles. The van der Waals surface area contributed by atoms with E-state index in [1.54, 1.807) is 0 Å². The maximum atomic E-state index is 13.4. The zero-order valence-corrected chi connectivity index (χ0v) is 17.9. The number of nitrogens with one attached hydrogen (secondary N) is 1. The van der Waals surface area contributed by atoms with Crippen LogP contribution in [0.15, 0.2) is 54.6 Å². The lowest BCUT2D eigenvalue weighted by Gasteiger charge is -2.35. The molecule has 1 aliphatic heterocycles. The van der Waals surface area contributed by atoms with Gasteiger partial charge in [0, 0.05) is 30.6 Å². The SMILES string of the molecule is O=C(NC1CC1)c1cccc(OC[C@@H]2CCCN(C(=O)C3(c4ccccc4)CC3)C2)c1. The molecule has 31 heavy (non-hydrogen) atoms. The molecule has 5 rings (SSSR count). The van der Waals surface area contributed by atoms with E-state index in [0.29, 0.717) is 24.1 Å². The van der Waals surface area contributed by atoms with Gasteiger partial charge in [0.2, 0.25) is 5.91 Å². The lowest BCUT2D eigenvalue weighted by Crippen LogP contribution is -2.46. The summed E-state index contributed by atoms with van der Waals surface area (Å²) < 4.78 is 6.05. The number of ether oxygens (including phenoxy) is 1. The van der Waals surface area contributed by atoms with Crippen molar-refractivity contribution < 1.29 is 14.3 Å². The Bertz CT molecular complexity index is 950. The second kappa shape index (κ2) is 8.37. The van der Waals surface area contributed by atoms with Gasteiger partial charge in [0.15, 0.2) is 0 Å². The van der Waals surface area contributed by atoms with Gasteiger partial charge in [-0.2, -0.15) is 0 Å². The van der Waals surface area contributed by atoms with Crippen LogP contribution in [-0.2, 0) is 10.2 Å². The molecule has 1 saturated heterocycles. The normalized spacial score (nSPS) is 21.9. The van der Waals surface area contributed by atoms with Crippen molar-refractivity contribution in [3.8, 4) is 5.75 Å². The zero-order chi connectivity index (χ0) is 21.3. The van der Waals surface area contributed by atoms with Crippen LogP contribution in [0.2, 0.25) is 0 Å². The Hall–Kier alpha value is -2.82. The molecule has 2 saturated carbocycles. The van der Waals surface area contributed by atoms with E-state index in [-0.39, 0.29) is 17.2 Å². The number of carbonyl (C=O) groups is 2. The summed E-state index contributed by atoms with van der Waals surface area (Å²) in [4.78, 5) is 27.7. The van der Waals surface area contributed by atoms with Crippen LogP contribution in [0.1, 0.15) is 54.4 Å². The van der Waals surface area contributed by atoms with Gasteiger partial charge in [-0.15, -0.1) is 0 Å². The fraction of sp³-hybridized carbons (Fsp3) is 0.462. The molecule has 1 N–H and O–H groups in total. The Morgan fingerprint density at radius 1 is 1.03 bits per heavy atom. The third-order valence-corrected chi connectivity index (χ3v) is 6.79. The highest BCUT2D eigenvalue weighted by Gasteiger charge is 2.53. The molecule has 162 valence electrons. The molecule has 2 aliphatic carbocycles. The van der Waals surface area contributed by atoms with Gasteiger partial charge >= 0.3 is 0 Å². The van der Waals surface area contributed by atoms with Crippen LogP contribution in [0.5, 0.6) is 5.75 Å². The van der Waals surface area contributed by atoms with E-state index in [0.717, 1.165) is 62.9 Å². The number of nitrogens with zero attached hydrogens (tertiary/aromatic N) is 1. The predicted octanol–water partition coefficient (Wildman–Crippen LogP) is 3.93. The van der Waals surface area contributed by atoms with Crippen molar-refractivity contribution in [2.24, 2.45) is 5.92 Å². The minimum absolute atomic E-state index is 0.0296. The number of hydrogen-bond acceptors (Lipinski definition) is 3. The average molecular weight is 419 g/mol. The van der Waals surface area contributed by atoms with Crippen molar-refractivity contribution in [1.82, 2.24) is 10.2 Å². The van der Waals surface area contributed by atoms with E-state index in [9.17, 15) is 9.59 Å². The number of rotatable bonds is 7. The molecule has 0 radical (unpaired) electrons. The van der Waals surface area contributed by atoms with Crippen molar-refractivity contribution in [3.05, 3.63) is 65.7 Å². The van der Waals surface area contributed by atoms with E-state index in [2.05, 4.69) is 22.3 Å². The molecule has 2 aromatic carbocycles. The van der Waals surface area contributed by atoms with Crippen molar-refractivity contribution in [1.29, 1.82) is 0 Å². The van der Waals surface area contributed by atoms with Gasteiger partial charge in [-0.1, -0.05) is 36.4 Å². The molecule has 1 atom stereocenters. The molecular formula is C26H30N2O3. The maximum absolute atomic E-state index is 13.4. The quantitative estimate of drug-likeness (QED) is 0.741. The summed E-state index contributed by atoms with van der Waals surface area (Å²) >= 11 is 0. The summed E-state index contributed by atoms with van der Waals surface area (Å²) in [6, 6.07) is 18.0. The number of piperidine rings is 1. The molecular weight excluding hydrogens is 388 g/mol. The lowest BCUT2D eigenvalue weighted by molar-refractivity contribution is -0.136. The van der Waals surface area contributed by atoms with Gasteiger partial charge < -0.3 is 15.0 Å². The fourth-order valence-electron chi connectivity index (χ4n) is 4.63. The lowest BCUT2D eigenvalue weighted by atomic mass is 9.91. The minimum atomic E-state index is -0.298. The van der Waals surface area contributed by atoms with Crippen LogP contribution >= 0.6 is 0 Å². The molecule has 2 aromatic rings. The van der Waals surface area contributed by atoms with Gasteiger partial charge in [-0.05, 0) is 62.3 Å². The van der Waals surface area contributed by atoms with Crippen LogP contribution < -0.4 is 10.1 Å². The van der Waals surface area contributed by atoms with Crippen molar-refractivity contribution >= 4 is 11.8 Å². The Balaban J connectivity index is 1.18. The van der Waals surface area contributed by atoms with Crippen LogP contribution in [0.25, 0.3) is 0 Å². The third-order valence-electron chi connectivity index (χ3n) is 6.79. The molecule has 0 spiro atoms. The Labute approximate surface area is 183 Å². The van der Waals surface area contributed by atoms with Crippen LogP contribution in [0, 0.1) is 5.92 Å². The number of likely N-dealkylation sites (tertiary alicyclic amines) is 1. The zero-order valence-electron chi connectivity index (χ0n) is 17.9. The highest BCUT2D eigenvalue weighted by molar-refractivity contribution is 5.95. The molecule has 3 aliphatic rings. The number of carbonyl (C=O) groups excluding carboxylic acids is 2. The summed E-state index contributed by atoms with van der Waals surface area (Å²) in [5, 5.41) is 3.02. The Morgan fingerprint density at radius 3 is 2.58 bits per heavy atom. The fourth-order valence-corrected chi connectivity index (χ4v) is 4.63. The number of amides is 2. The first kappa shape index (κ1) is 20.1. The summed E-state index contributed by atoms with van der Waals surface area (Å²) in [5.74, 6) is 1.28. The molecule has 0 unspecified atom stereocenters. The summed E-state index contributed by atoms with van der Waals surface area (Å²) in [7, 11) is 0.